The molecule has 0 spiro atoms. The molecule has 1 aliphatic heterocycles. The molecule has 0 aromatic heterocycles. The Morgan fingerprint density at radius 3 is 2.40 bits per heavy atom. The van der Waals surface area contributed by atoms with Gasteiger partial charge in [-0.1, -0.05) is 0 Å². The smallest absolute Gasteiger partial charge is 0.173 e. The lowest BCUT2D eigenvalue weighted by Gasteiger charge is -2.40. The number of hydrogen-bond acceptors (Lipinski definition) is 7. The number of nitrogens with one attached hydrogen (secondary N) is 2. The van der Waals surface area contributed by atoms with Gasteiger partial charge in [-0.3, -0.25) is 5.32 Å². The van der Waals surface area contributed by atoms with Gasteiger partial charge in [0.1, 0.15) is 18.3 Å². The van der Waals surface area contributed by atoms with E-state index in [1.165, 1.54) is 0 Å². The minimum Gasteiger partial charge on any atom is -0.394 e. The van der Waals surface area contributed by atoms with Gasteiger partial charge in [0, 0.05) is 6.67 Å². The molecule has 1 heterocycles. The van der Waals surface area contributed by atoms with E-state index in [0.717, 1.165) is 0 Å². The first-order valence-electron chi connectivity index (χ1n) is 4.80. The van der Waals surface area contributed by atoms with Gasteiger partial charge < -0.3 is 30.5 Å². The highest BCUT2D eigenvalue weighted by atomic mass is 16.6. The van der Waals surface area contributed by atoms with Crippen molar-refractivity contribution in [3.05, 3.63) is 0 Å². The maximum atomic E-state index is 9.64. The standard InChI is InChI=1S/C8H18N2O5/c1-9-3-10-5-7(13)6(12)4(2-11)15-8(5)14/h4-14H,2-3H2,1H3/t4-,5-,6+,7-,8?/m1/s1. The van der Waals surface area contributed by atoms with E-state index in [2.05, 4.69) is 10.6 Å². The average Bonchev–Trinajstić information content (AvgIpc) is 2.23. The summed E-state index contributed by atoms with van der Waals surface area (Å²) in [6.07, 6.45) is -4.61. The molecular weight excluding hydrogens is 204 g/mol. The van der Waals surface area contributed by atoms with Gasteiger partial charge in [-0.2, -0.15) is 0 Å². The first-order valence-corrected chi connectivity index (χ1v) is 4.80. The van der Waals surface area contributed by atoms with E-state index in [4.69, 9.17) is 9.84 Å². The molecule has 5 atom stereocenters. The van der Waals surface area contributed by atoms with E-state index in [1.54, 1.807) is 7.05 Å². The van der Waals surface area contributed by atoms with Crippen molar-refractivity contribution in [2.24, 2.45) is 0 Å². The summed E-state index contributed by atoms with van der Waals surface area (Å²) in [4.78, 5) is 0. The minimum atomic E-state index is -1.26. The average molecular weight is 222 g/mol. The summed E-state index contributed by atoms with van der Waals surface area (Å²) in [6.45, 7) is -0.0906. The largest absolute Gasteiger partial charge is 0.394 e. The van der Waals surface area contributed by atoms with Gasteiger partial charge in [-0.05, 0) is 7.05 Å². The van der Waals surface area contributed by atoms with Gasteiger partial charge in [0.05, 0.1) is 12.6 Å². The summed E-state index contributed by atoms with van der Waals surface area (Å²) < 4.78 is 4.93. The van der Waals surface area contributed by atoms with Crippen LogP contribution >= 0.6 is 0 Å². The molecule has 1 unspecified atom stereocenters. The third kappa shape index (κ3) is 2.85. The fourth-order valence-corrected chi connectivity index (χ4v) is 1.54. The van der Waals surface area contributed by atoms with Gasteiger partial charge in [0.25, 0.3) is 0 Å². The summed E-state index contributed by atoms with van der Waals surface area (Å²) in [5, 5.41) is 43.0. The van der Waals surface area contributed by atoms with E-state index in [1.807, 2.05) is 0 Å². The Balaban J connectivity index is 2.58. The highest BCUT2D eigenvalue weighted by Gasteiger charge is 2.43. The second-order valence-corrected chi connectivity index (χ2v) is 3.49. The SMILES string of the molecule is CNCN[C@H]1C(O)O[C@H](CO)[C@H](O)[C@@H]1O. The molecule has 0 aromatic rings. The molecule has 0 aromatic carbocycles. The zero-order chi connectivity index (χ0) is 11.4. The van der Waals surface area contributed by atoms with Crippen molar-refractivity contribution in [3.8, 4) is 0 Å². The number of rotatable bonds is 4. The van der Waals surface area contributed by atoms with E-state index in [-0.39, 0.29) is 0 Å². The molecule has 6 N–H and O–H groups in total. The first kappa shape index (κ1) is 12.8. The zero-order valence-electron chi connectivity index (χ0n) is 8.50. The number of hydrogen-bond donors (Lipinski definition) is 6. The van der Waals surface area contributed by atoms with Crippen LogP contribution in [0.3, 0.4) is 0 Å². The van der Waals surface area contributed by atoms with Crippen LogP contribution in [0.15, 0.2) is 0 Å². The molecule has 0 aliphatic carbocycles. The van der Waals surface area contributed by atoms with Crippen LogP contribution in [0.2, 0.25) is 0 Å². The Labute approximate surface area is 87.7 Å². The van der Waals surface area contributed by atoms with E-state index in [9.17, 15) is 15.3 Å². The molecule has 0 saturated carbocycles. The number of ether oxygens (including phenoxy) is 1. The molecule has 0 radical (unpaired) electrons. The van der Waals surface area contributed by atoms with Gasteiger partial charge in [0.2, 0.25) is 0 Å². The van der Waals surface area contributed by atoms with Crippen LogP contribution < -0.4 is 10.6 Å². The molecular formula is C8H18N2O5. The third-order valence-electron chi connectivity index (χ3n) is 2.41. The Morgan fingerprint density at radius 2 is 1.87 bits per heavy atom. The molecule has 0 bridgehead atoms. The Kier molecular flexibility index (Phi) is 4.87. The lowest BCUT2D eigenvalue weighted by atomic mass is 9.97. The molecule has 1 aliphatic rings. The van der Waals surface area contributed by atoms with Gasteiger partial charge >= 0.3 is 0 Å². The summed E-state index contributed by atoms with van der Waals surface area (Å²) in [5.74, 6) is 0. The fourth-order valence-electron chi connectivity index (χ4n) is 1.54. The summed E-state index contributed by atoms with van der Waals surface area (Å²) in [5.41, 5.74) is 0. The van der Waals surface area contributed by atoms with E-state index in [0.29, 0.717) is 6.67 Å². The molecule has 90 valence electrons. The predicted octanol–water partition coefficient (Wildman–Crippen LogP) is -3.45. The molecule has 1 fully saturated rings. The molecule has 7 nitrogen and oxygen atoms in total. The second-order valence-electron chi connectivity index (χ2n) is 3.49. The first-order chi connectivity index (χ1) is 7.11. The second kappa shape index (κ2) is 5.71. The predicted molar refractivity (Wildman–Crippen MR) is 50.8 cm³/mol. The van der Waals surface area contributed by atoms with Crippen LogP contribution in [0.25, 0.3) is 0 Å². The Hall–Kier alpha value is -0.280. The van der Waals surface area contributed by atoms with Gasteiger partial charge in [0.15, 0.2) is 6.29 Å². The maximum absolute atomic E-state index is 9.64. The maximum Gasteiger partial charge on any atom is 0.173 e. The monoisotopic (exact) mass is 222 g/mol. The number of aliphatic hydroxyl groups is 4. The molecule has 15 heavy (non-hydrogen) atoms. The van der Waals surface area contributed by atoms with Crippen LogP contribution in [0, 0.1) is 0 Å². The van der Waals surface area contributed by atoms with Crippen molar-refractivity contribution in [1.82, 2.24) is 10.6 Å². The summed E-state index contributed by atoms with van der Waals surface area (Å²) in [6, 6.07) is -0.782. The van der Waals surface area contributed by atoms with Crippen molar-refractivity contribution >= 4 is 0 Å². The quantitative estimate of drug-likeness (QED) is 0.274. The fraction of sp³-hybridized carbons (Fsp3) is 1.00. The Bertz CT molecular complexity index is 194. The van der Waals surface area contributed by atoms with Crippen molar-refractivity contribution in [2.45, 2.75) is 30.6 Å². The molecule has 1 saturated heterocycles. The molecule has 7 heteroatoms. The van der Waals surface area contributed by atoms with E-state index < -0.39 is 37.3 Å². The van der Waals surface area contributed by atoms with Crippen LogP contribution in [-0.2, 0) is 4.74 Å². The van der Waals surface area contributed by atoms with Crippen LogP contribution in [-0.4, -0.2) is 71.4 Å². The lowest BCUT2D eigenvalue weighted by molar-refractivity contribution is -0.254. The van der Waals surface area contributed by atoms with Crippen LogP contribution in [0.1, 0.15) is 0 Å². The molecule has 1 rings (SSSR count). The summed E-state index contributed by atoms with van der Waals surface area (Å²) >= 11 is 0. The molecule has 0 amide bonds. The highest BCUT2D eigenvalue weighted by Crippen LogP contribution is 2.19. The Morgan fingerprint density at radius 1 is 1.20 bits per heavy atom. The van der Waals surface area contributed by atoms with E-state index >= 15 is 0 Å². The van der Waals surface area contributed by atoms with Crippen LogP contribution in [0.5, 0.6) is 0 Å². The number of aliphatic hydroxyl groups excluding tert-OH is 4. The third-order valence-corrected chi connectivity index (χ3v) is 2.41. The van der Waals surface area contributed by atoms with Gasteiger partial charge in [-0.15, -0.1) is 0 Å². The van der Waals surface area contributed by atoms with Crippen molar-refractivity contribution in [3.63, 3.8) is 0 Å². The van der Waals surface area contributed by atoms with Crippen molar-refractivity contribution in [1.29, 1.82) is 0 Å². The lowest BCUT2D eigenvalue weighted by Crippen LogP contribution is -2.64. The topological polar surface area (TPSA) is 114 Å². The van der Waals surface area contributed by atoms with Crippen molar-refractivity contribution in [2.75, 3.05) is 20.3 Å². The minimum absolute atomic E-state index is 0.360. The van der Waals surface area contributed by atoms with Crippen LogP contribution in [0.4, 0.5) is 0 Å². The summed E-state index contributed by atoms with van der Waals surface area (Å²) in [7, 11) is 1.70. The zero-order valence-corrected chi connectivity index (χ0v) is 8.50. The van der Waals surface area contributed by atoms with Gasteiger partial charge in [-0.25, -0.2) is 0 Å². The van der Waals surface area contributed by atoms with Crippen molar-refractivity contribution < 1.29 is 25.2 Å². The normalized spacial score (nSPS) is 41.8. The highest BCUT2D eigenvalue weighted by molar-refractivity contribution is 4.92.